The number of hydrogen-bond donors (Lipinski definition) is 0. The zero-order chi connectivity index (χ0) is 22.2. The number of carbonyl (C=O) groups excluding carboxylic acids is 2. The molecular formula is C18H9F9O2. The van der Waals surface area contributed by atoms with E-state index in [1.165, 1.54) is 0 Å². The number of Topliss-reactive ketones (excluding diaryl/α,β-unsaturated/α-hetero) is 2. The maximum atomic E-state index is 12.9. The minimum atomic E-state index is -5.21. The van der Waals surface area contributed by atoms with E-state index < -0.39 is 53.2 Å². The van der Waals surface area contributed by atoms with Crippen LogP contribution in [0.4, 0.5) is 39.5 Å². The molecule has 2 aromatic rings. The lowest BCUT2D eigenvalue weighted by Crippen LogP contribution is -2.25. The molecule has 0 amide bonds. The van der Waals surface area contributed by atoms with Crippen LogP contribution in [0.2, 0.25) is 0 Å². The first-order chi connectivity index (χ1) is 13.1. The molecule has 0 unspecified atom stereocenters. The predicted octanol–water partition coefficient (Wildman–Crippen LogP) is 6.10. The average Bonchev–Trinajstić information content (AvgIpc) is 2.59. The quantitative estimate of drug-likeness (QED) is 0.335. The normalized spacial score (nSPS) is 12.7. The summed E-state index contributed by atoms with van der Waals surface area (Å²) < 4.78 is 114. The van der Waals surface area contributed by atoms with Crippen molar-refractivity contribution in [3.05, 3.63) is 59.2 Å². The molecule has 0 bridgehead atoms. The van der Waals surface area contributed by atoms with Crippen molar-refractivity contribution >= 4 is 11.6 Å². The van der Waals surface area contributed by atoms with E-state index in [0.717, 1.165) is 24.3 Å². The maximum Gasteiger partial charge on any atom is 0.450 e. The van der Waals surface area contributed by atoms with Gasteiger partial charge in [0.2, 0.25) is 5.78 Å². The van der Waals surface area contributed by atoms with Gasteiger partial charge in [-0.15, -0.1) is 0 Å². The van der Waals surface area contributed by atoms with E-state index >= 15 is 0 Å². The minimum Gasteiger partial charge on any atom is -0.294 e. The summed E-state index contributed by atoms with van der Waals surface area (Å²) in [5, 5.41) is 0. The summed E-state index contributed by atoms with van der Waals surface area (Å²) in [5.41, 5.74) is -4.04. The molecule has 2 nitrogen and oxygen atoms in total. The highest BCUT2D eigenvalue weighted by Crippen LogP contribution is 2.38. The standard InChI is InChI=1S/C18H9F9O2/c19-16(20,21)12-5-11(6-13(7-12)17(22,23)24)9-1-3-10(4-2-9)14(28)8-15(29)18(25,26)27/h1-7H,8H2. The predicted molar refractivity (Wildman–Crippen MR) is 81.9 cm³/mol. The number of hydrogen-bond acceptors (Lipinski definition) is 2. The smallest absolute Gasteiger partial charge is 0.294 e. The first-order valence-corrected chi connectivity index (χ1v) is 7.62. The third kappa shape index (κ3) is 5.58. The Hall–Kier alpha value is -2.85. The second-order valence-corrected chi connectivity index (χ2v) is 5.89. The van der Waals surface area contributed by atoms with Gasteiger partial charge in [0.15, 0.2) is 5.78 Å². The Bertz CT molecular complexity index is 888. The van der Waals surface area contributed by atoms with Crippen molar-refractivity contribution < 1.29 is 49.1 Å². The van der Waals surface area contributed by atoms with E-state index in [0.29, 0.717) is 12.1 Å². The first kappa shape index (κ1) is 22.4. The Morgan fingerprint density at radius 1 is 0.655 bits per heavy atom. The molecule has 0 aromatic heterocycles. The molecule has 0 spiro atoms. The third-order valence-corrected chi connectivity index (χ3v) is 3.77. The lowest BCUT2D eigenvalue weighted by molar-refractivity contribution is -0.170. The van der Waals surface area contributed by atoms with E-state index in [1.54, 1.807) is 0 Å². The summed E-state index contributed by atoms with van der Waals surface area (Å²) in [4.78, 5) is 22.5. The van der Waals surface area contributed by atoms with Gasteiger partial charge in [0.25, 0.3) is 0 Å². The summed E-state index contributed by atoms with van der Waals surface area (Å²) in [6.07, 6.45) is -16.8. The van der Waals surface area contributed by atoms with Gasteiger partial charge in [0.05, 0.1) is 17.5 Å². The molecule has 11 heteroatoms. The molecule has 0 saturated carbocycles. The topological polar surface area (TPSA) is 34.1 Å². The molecule has 2 rings (SSSR count). The molecule has 0 heterocycles. The third-order valence-electron chi connectivity index (χ3n) is 3.77. The van der Waals surface area contributed by atoms with Crippen molar-refractivity contribution in [2.24, 2.45) is 0 Å². The second kappa shape index (κ2) is 7.53. The van der Waals surface area contributed by atoms with Gasteiger partial charge in [0, 0.05) is 5.56 Å². The van der Waals surface area contributed by atoms with Crippen LogP contribution in [0.15, 0.2) is 42.5 Å². The number of rotatable bonds is 4. The van der Waals surface area contributed by atoms with Crippen LogP contribution >= 0.6 is 0 Å². The second-order valence-electron chi connectivity index (χ2n) is 5.89. The number of halogens is 9. The van der Waals surface area contributed by atoms with Gasteiger partial charge in [0.1, 0.15) is 0 Å². The molecule has 2 aromatic carbocycles. The molecule has 0 aliphatic heterocycles. The highest BCUT2D eigenvalue weighted by Gasteiger charge is 2.39. The van der Waals surface area contributed by atoms with Gasteiger partial charge in [-0.2, -0.15) is 39.5 Å². The molecule has 0 N–H and O–H groups in total. The zero-order valence-electron chi connectivity index (χ0n) is 14.0. The van der Waals surface area contributed by atoms with Crippen LogP contribution in [0, 0.1) is 0 Å². The van der Waals surface area contributed by atoms with Gasteiger partial charge < -0.3 is 0 Å². The molecule has 0 fully saturated rings. The van der Waals surface area contributed by atoms with E-state index in [9.17, 15) is 49.1 Å². The number of ketones is 2. The highest BCUT2D eigenvalue weighted by molar-refractivity contribution is 6.09. The van der Waals surface area contributed by atoms with Crippen LogP contribution in [0.3, 0.4) is 0 Å². The number of alkyl halides is 9. The van der Waals surface area contributed by atoms with Crippen LogP contribution in [0.1, 0.15) is 27.9 Å². The van der Waals surface area contributed by atoms with Crippen molar-refractivity contribution in [3.63, 3.8) is 0 Å². The number of benzene rings is 2. The van der Waals surface area contributed by atoms with Crippen molar-refractivity contribution in [2.45, 2.75) is 24.9 Å². The fraction of sp³-hybridized carbons (Fsp3) is 0.222. The van der Waals surface area contributed by atoms with Gasteiger partial charge >= 0.3 is 18.5 Å². The van der Waals surface area contributed by atoms with Crippen molar-refractivity contribution in [3.8, 4) is 11.1 Å². The number of carbonyl (C=O) groups is 2. The lowest BCUT2D eigenvalue weighted by Gasteiger charge is -2.14. The SMILES string of the molecule is O=C(CC(=O)C(F)(F)F)c1ccc(-c2cc(C(F)(F)F)cc(C(F)(F)F)c2)cc1. The largest absolute Gasteiger partial charge is 0.450 e. The van der Waals surface area contributed by atoms with E-state index in [2.05, 4.69) is 0 Å². The molecule has 0 aliphatic carbocycles. The molecule has 29 heavy (non-hydrogen) atoms. The van der Waals surface area contributed by atoms with Crippen molar-refractivity contribution in [1.29, 1.82) is 0 Å². The van der Waals surface area contributed by atoms with Gasteiger partial charge in [-0.1, -0.05) is 24.3 Å². The fourth-order valence-electron chi connectivity index (χ4n) is 2.32. The van der Waals surface area contributed by atoms with E-state index in [4.69, 9.17) is 0 Å². The van der Waals surface area contributed by atoms with Gasteiger partial charge in [-0.25, -0.2) is 0 Å². The molecule has 0 aliphatic rings. The Kier molecular flexibility index (Phi) is 5.82. The first-order valence-electron chi connectivity index (χ1n) is 7.62. The summed E-state index contributed by atoms with van der Waals surface area (Å²) in [5.74, 6) is -3.47. The fourth-order valence-corrected chi connectivity index (χ4v) is 2.32. The van der Waals surface area contributed by atoms with Crippen LogP contribution in [0.5, 0.6) is 0 Å². The van der Waals surface area contributed by atoms with Crippen LogP contribution in [-0.2, 0) is 17.1 Å². The van der Waals surface area contributed by atoms with Crippen LogP contribution in [0.25, 0.3) is 11.1 Å². The Labute approximate surface area is 156 Å². The highest BCUT2D eigenvalue weighted by atomic mass is 19.4. The van der Waals surface area contributed by atoms with Crippen molar-refractivity contribution in [2.75, 3.05) is 0 Å². The van der Waals surface area contributed by atoms with Crippen LogP contribution in [-0.4, -0.2) is 17.7 Å². The molecule has 0 radical (unpaired) electrons. The summed E-state index contributed by atoms with van der Waals surface area (Å²) in [6.45, 7) is 0. The van der Waals surface area contributed by atoms with E-state index in [1.807, 2.05) is 0 Å². The Morgan fingerprint density at radius 3 is 1.48 bits per heavy atom. The minimum absolute atomic E-state index is 0.0514. The molecule has 156 valence electrons. The van der Waals surface area contributed by atoms with Crippen LogP contribution < -0.4 is 0 Å². The zero-order valence-corrected chi connectivity index (χ0v) is 14.0. The van der Waals surface area contributed by atoms with Crippen molar-refractivity contribution in [1.82, 2.24) is 0 Å². The Balaban J connectivity index is 2.39. The summed E-state index contributed by atoms with van der Waals surface area (Å²) in [6, 6.07) is 4.66. The van der Waals surface area contributed by atoms with Gasteiger partial charge in [-0.05, 0) is 29.3 Å². The maximum absolute atomic E-state index is 12.9. The molecule has 0 atom stereocenters. The molecule has 0 saturated heterocycles. The summed E-state index contributed by atoms with van der Waals surface area (Å²) in [7, 11) is 0. The van der Waals surface area contributed by atoms with Gasteiger partial charge in [-0.3, -0.25) is 9.59 Å². The van der Waals surface area contributed by atoms with E-state index in [-0.39, 0.29) is 17.2 Å². The Morgan fingerprint density at radius 2 is 1.10 bits per heavy atom. The monoisotopic (exact) mass is 428 g/mol. The average molecular weight is 428 g/mol. The lowest BCUT2D eigenvalue weighted by atomic mass is 9.97. The summed E-state index contributed by atoms with van der Waals surface area (Å²) >= 11 is 0. The molecular weight excluding hydrogens is 419 g/mol.